The largest absolute Gasteiger partial charge is 0.507 e. The molecule has 0 saturated carbocycles. The SMILES string of the molecule is [2H]c1c(-c2[c-]c(-c3cccc4c3nc(-c3cc(C(C([2H])([2H])[2H])(C([2H])([2H])[2H])C([2H])([2H])[2H])cc(C(C([2H])([2H])[2H])(C([2H])([2H])[2H])C([2H])([2H])[2H])c3O)n4-c3ccc(C(C)(C)C)cc3-c3ccccc3)cc(C(C)(C)C)c2)ncc(C([2H])([2H])[2H])c1-c1ccc(C([2H])([2H])C(C)(C)C)cc1.[Pt]. The minimum Gasteiger partial charge on any atom is -0.507 e. The van der Waals surface area contributed by atoms with Crippen molar-refractivity contribution in [2.75, 3.05) is 0 Å². The number of rotatable bonds is 7. The number of nitrogens with zero attached hydrogens (tertiary/aromatic N) is 3. The zero-order chi connectivity index (χ0) is 69.5. The van der Waals surface area contributed by atoms with Gasteiger partial charge in [0, 0.05) is 75.6 Å². The fraction of sp³-hybridized carbons (Fsp3) is 0.344. The summed E-state index contributed by atoms with van der Waals surface area (Å²) in [6, 6.07) is 32.8. The summed E-state index contributed by atoms with van der Waals surface area (Å²) in [6.07, 6.45) is -0.652. The first-order chi connectivity index (χ1) is 41.6. The van der Waals surface area contributed by atoms with E-state index >= 15 is 0 Å². The van der Waals surface area contributed by atoms with Crippen LogP contribution < -0.4 is 0 Å². The topological polar surface area (TPSA) is 50.9 Å². The summed E-state index contributed by atoms with van der Waals surface area (Å²) in [5.74, 6) is -1.96. The van der Waals surface area contributed by atoms with Crippen LogP contribution in [0.1, 0.15) is 170 Å². The Morgan fingerprint density at radius 2 is 1.26 bits per heavy atom. The molecule has 69 heavy (non-hydrogen) atoms. The number of phenols is 1. The Kier molecular flexibility index (Phi) is 7.65. The molecule has 6 aromatic carbocycles. The van der Waals surface area contributed by atoms with Crippen LogP contribution in [0.3, 0.4) is 0 Å². The van der Waals surface area contributed by atoms with Crippen LogP contribution >= 0.6 is 0 Å². The number of para-hydroxylation sites is 1. The molecule has 8 aromatic rings. The summed E-state index contributed by atoms with van der Waals surface area (Å²) >= 11 is 0. The molecule has 0 atom stereocenters. The average molecular weight is 1120 g/mol. The van der Waals surface area contributed by atoms with E-state index in [1.54, 1.807) is 118 Å². The van der Waals surface area contributed by atoms with Crippen LogP contribution in [-0.2, 0) is 49.1 Å². The first-order valence-electron chi connectivity index (χ1n) is 34.4. The van der Waals surface area contributed by atoms with Gasteiger partial charge < -0.3 is 5.11 Å². The van der Waals surface area contributed by atoms with Gasteiger partial charge in [-0.15, -0.1) is 29.3 Å². The molecule has 0 saturated heterocycles. The molecule has 4 nitrogen and oxygen atoms in total. The summed E-state index contributed by atoms with van der Waals surface area (Å²) in [6.45, 7) is -10.8. The Bertz CT molecular complexity index is 4040. The molecule has 8 rings (SSSR count). The van der Waals surface area contributed by atoms with E-state index in [1.165, 1.54) is 4.57 Å². The maximum absolute atomic E-state index is 13.1. The van der Waals surface area contributed by atoms with Gasteiger partial charge >= 0.3 is 0 Å². The van der Waals surface area contributed by atoms with Crippen LogP contribution in [0.25, 0.3) is 72.7 Å². The van der Waals surface area contributed by atoms with Gasteiger partial charge in [-0.1, -0.05) is 199 Å². The van der Waals surface area contributed by atoms with Crippen LogP contribution in [-0.4, -0.2) is 19.6 Å². The Morgan fingerprint density at radius 3 is 1.90 bits per heavy atom. The third-order valence-electron chi connectivity index (χ3n) is 11.9. The standard InChI is InChI=1S/C64H72N3O.Pt/c1-40-39-65-54(37-50(40)43-27-25-41(26-28-43)38-60(2,3)4)45-31-44(32-47(33-45)62(8,9)10)49-23-20-24-56-57(49)66-59(52-35-48(63(11,12)13)36-53(58(52)68)64(14,15)16)67(56)55-30-29-46(61(5,6)7)34-51(55)42-21-18-17-19-22-42;/h17-30,32-37,39,68H,38H2,1-16H3;/q-1;/i1D3,11D3,12D3,13D3,14D3,15D3,16D3,37D,38D2;. The van der Waals surface area contributed by atoms with Crippen molar-refractivity contribution in [1.29, 1.82) is 0 Å². The van der Waals surface area contributed by atoms with Crippen LogP contribution in [0.2, 0.25) is 0 Å². The number of hydrogen-bond acceptors (Lipinski definition) is 3. The molecule has 0 spiro atoms. The fourth-order valence-electron chi connectivity index (χ4n) is 8.30. The third kappa shape index (κ3) is 10.8. The number of aromatic nitrogens is 3. The van der Waals surface area contributed by atoms with Gasteiger partial charge in [0.2, 0.25) is 0 Å². The van der Waals surface area contributed by atoms with Gasteiger partial charge in [-0.25, -0.2) is 4.98 Å². The monoisotopic (exact) mass is 1120 g/mol. The van der Waals surface area contributed by atoms with Crippen molar-refractivity contribution in [3.63, 3.8) is 0 Å². The van der Waals surface area contributed by atoms with E-state index in [0.29, 0.717) is 28.3 Å². The zero-order valence-corrected chi connectivity index (χ0v) is 42.4. The molecule has 0 unspecified atom stereocenters. The van der Waals surface area contributed by atoms with Gasteiger partial charge in [0.15, 0.2) is 0 Å². The molecule has 2 heterocycles. The van der Waals surface area contributed by atoms with Crippen molar-refractivity contribution in [3.8, 4) is 67.5 Å². The zero-order valence-electron chi connectivity index (χ0n) is 64.2. The van der Waals surface area contributed by atoms with Gasteiger partial charge in [-0.2, -0.15) is 0 Å². The first kappa shape index (κ1) is 28.3. The molecular weight excluding hydrogens is 1020 g/mol. The summed E-state index contributed by atoms with van der Waals surface area (Å²) in [7, 11) is 0. The number of fused-ring (bicyclic) bond motifs is 1. The molecule has 0 fully saturated rings. The van der Waals surface area contributed by atoms with Gasteiger partial charge in [0.25, 0.3) is 0 Å². The summed E-state index contributed by atoms with van der Waals surface area (Å²) in [4.78, 5) is 9.78. The molecule has 0 aliphatic carbocycles. The van der Waals surface area contributed by atoms with Crippen LogP contribution in [0, 0.1) is 18.3 Å². The first-order valence-corrected chi connectivity index (χ1v) is 22.4. The van der Waals surface area contributed by atoms with Gasteiger partial charge in [-0.3, -0.25) is 9.55 Å². The summed E-state index contributed by atoms with van der Waals surface area (Å²) < 4.78 is 214. The van der Waals surface area contributed by atoms with Crippen LogP contribution in [0.15, 0.2) is 128 Å². The Labute approximate surface area is 461 Å². The number of hydrogen-bond donors (Lipinski definition) is 1. The summed E-state index contributed by atoms with van der Waals surface area (Å²) in [5.41, 5.74) is -10.2. The van der Waals surface area contributed by atoms with E-state index in [0.717, 1.165) is 11.8 Å². The summed E-state index contributed by atoms with van der Waals surface area (Å²) in [5, 5.41) is 13.1. The average Bonchev–Trinajstić information content (AvgIpc) is 1.12. The number of imidazole rings is 1. The second-order valence-corrected chi connectivity index (χ2v) is 20.6. The van der Waals surface area contributed by atoms with E-state index in [-0.39, 0.29) is 89.0 Å². The van der Waals surface area contributed by atoms with E-state index < -0.39 is 110 Å². The second-order valence-electron chi connectivity index (χ2n) is 20.6. The van der Waals surface area contributed by atoms with E-state index in [4.69, 9.17) is 36.5 Å². The Balaban J connectivity index is 0.0000123. The maximum Gasteiger partial charge on any atom is 0.148 e. The smallest absolute Gasteiger partial charge is 0.148 e. The molecule has 0 aliphatic heterocycles. The van der Waals surface area contributed by atoms with Crippen molar-refractivity contribution in [1.82, 2.24) is 14.5 Å². The molecule has 5 heteroatoms. The molecular formula is C64H72N3OPt-. The van der Waals surface area contributed by atoms with Crippen molar-refractivity contribution >= 4 is 11.0 Å². The van der Waals surface area contributed by atoms with Gasteiger partial charge in [-0.05, 0) is 104 Å². The van der Waals surface area contributed by atoms with Gasteiger partial charge in [0.1, 0.15) is 11.6 Å². The van der Waals surface area contributed by atoms with Crippen LogP contribution in [0.5, 0.6) is 5.75 Å². The molecule has 0 radical (unpaired) electrons. The number of phenolic OH excluding ortho intramolecular Hbond substituents is 1. The van der Waals surface area contributed by atoms with Crippen molar-refractivity contribution in [2.45, 2.75) is 138 Å². The Morgan fingerprint density at radius 1 is 0.623 bits per heavy atom. The van der Waals surface area contributed by atoms with E-state index in [2.05, 4.69) is 11.1 Å². The maximum atomic E-state index is 13.1. The van der Waals surface area contributed by atoms with Crippen LogP contribution in [0.4, 0.5) is 0 Å². The van der Waals surface area contributed by atoms with E-state index in [1.807, 2.05) is 47.6 Å². The molecule has 0 amide bonds. The normalized spacial score (nSPS) is 19.3. The number of benzene rings is 6. The molecule has 0 aliphatic rings. The third-order valence-corrected chi connectivity index (χ3v) is 11.9. The second kappa shape index (κ2) is 18.6. The van der Waals surface area contributed by atoms with Crippen molar-refractivity contribution in [3.05, 3.63) is 167 Å². The minimum absolute atomic E-state index is 0. The van der Waals surface area contributed by atoms with Crippen molar-refractivity contribution < 1.29 is 59.1 Å². The van der Waals surface area contributed by atoms with E-state index in [9.17, 15) is 6.48 Å². The molecule has 360 valence electrons. The van der Waals surface area contributed by atoms with Crippen molar-refractivity contribution in [2.24, 2.45) is 5.41 Å². The molecule has 1 N–H and O–H groups in total. The quantitative estimate of drug-likeness (QED) is 0.162. The minimum atomic E-state index is -4.21. The number of aromatic hydroxyl groups is 1. The van der Waals surface area contributed by atoms with Gasteiger partial charge in [0.05, 0.1) is 23.7 Å². The number of aryl methyl sites for hydroxylation is 1. The molecule has 2 aromatic heterocycles. The predicted octanol–water partition coefficient (Wildman–Crippen LogP) is 17.3. The number of pyridine rings is 1. The Hall–Kier alpha value is -5.57. The predicted molar refractivity (Wildman–Crippen MR) is 289 cm³/mol. The molecule has 0 bridgehead atoms. The fourth-order valence-corrected chi connectivity index (χ4v) is 8.30.